The van der Waals surface area contributed by atoms with Crippen LogP contribution in [0.15, 0.2) is 58.6 Å². The van der Waals surface area contributed by atoms with E-state index in [4.69, 9.17) is 33.7 Å². The first-order valence-electron chi connectivity index (χ1n) is 8.85. The van der Waals surface area contributed by atoms with Crippen molar-refractivity contribution in [2.75, 3.05) is 5.73 Å². The van der Waals surface area contributed by atoms with Crippen LogP contribution in [0, 0.1) is 0 Å². The molecule has 8 heteroatoms. The maximum Gasteiger partial charge on any atom is 0.224 e. The predicted octanol–water partition coefficient (Wildman–Crippen LogP) is 5.76. The normalized spacial score (nSPS) is 13.0. The number of benzene rings is 3. The van der Waals surface area contributed by atoms with Gasteiger partial charge in [-0.2, -0.15) is 9.97 Å². The van der Waals surface area contributed by atoms with Crippen molar-refractivity contribution in [1.29, 1.82) is 0 Å². The monoisotopic (exact) mass is 440 g/mol. The number of nitrogens with zero attached hydrogens (tertiary/aromatic N) is 3. The summed E-state index contributed by atoms with van der Waals surface area (Å²) in [5.74, 6) is 0.566. The highest BCUT2D eigenvalue weighted by Gasteiger charge is 2.21. The summed E-state index contributed by atoms with van der Waals surface area (Å²) in [6.45, 7) is 1.10. The summed E-state index contributed by atoms with van der Waals surface area (Å²) in [7, 11) is 0. The van der Waals surface area contributed by atoms with Gasteiger partial charge in [0.2, 0.25) is 5.95 Å². The van der Waals surface area contributed by atoms with Crippen LogP contribution >= 0.6 is 35.0 Å². The van der Waals surface area contributed by atoms with Crippen molar-refractivity contribution in [3.8, 4) is 11.4 Å². The molecule has 0 atom stereocenters. The van der Waals surface area contributed by atoms with Gasteiger partial charge in [-0.05, 0) is 51.9 Å². The van der Waals surface area contributed by atoms with Crippen LogP contribution in [-0.4, -0.2) is 15.0 Å². The molecule has 3 aromatic carbocycles. The third-order valence-corrected chi connectivity index (χ3v) is 6.37. The van der Waals surface area contributed by atoms with Gasteiger partial charge in [0.15, 0.2) is 11.0 Å². The van der Waals surface area contributed by atoms with E-state index in [1.54, 1.807) is 0 Å². The fourth-order valence-corrected chi connectivity index (χ4v) is 4.85. The molecule has 0 aliphatic carbocycles. The zero-order valence-corrected chi connectivity index (χ0v) is 17.4. The molecular formula is C21H14Cl2N4OS. The van der Waals surface area contributed by atoms with Crippen molar-refractivity contribution in [3.63, 3.8) is 0 Å². The molecule has 0 spiro atoms. The largest absolute Gasteiger partial charge is 0.372 e. The van der Waals surface area contributed by atoms with Crippen molar-refractivity contribution in [3.05, 3.63) is 69.7 Å². The molecule has 29 heavy (non-hydrogen) atoms. The minimum absolute atomic E-state index is 0.129. The molecule has 0 radical (unpaired) electrons. The van der Waals surface area contributed by atoms with Crippen LogP contribution in [-0.2, 0) is 18.0 Å². The second-order valence-electron chi connectivity index (χ2n) is 6.56. The highest BCUT2D eigenvalue weighted by Crippen LogP contribution is 2.40. The van der Waals surface area contributed by atoms with Crippen molar-refractivity contribution >= 4 is 51.7 Å². The van der Waals surface area contributed by atoms with E-state index in [-0.39, 0.29) is 5.95 Å². The van der Waals surface area contributed by atoms with E-state index in [1.807, 2.05) is 42.5 Å². The molecule has 5 rings (SSSR count). The third kappa shape index (κ3) is 3.42. The maximum atomic E-state index is 6.66. The molecule has 4 aromatic rings. The van der Waals surface area contributed by atoms with Crippen molar-refractivity contribution in [1.82, 2.24) is 15.0 Å². The van der Waals surface area contributed by atoms with Gasteiger partial charge in [0.05, 0.1) is 23.3 Å². The minimum Gasteiger partial charge on any atom is -0.372 e. The Balaban J connectivity index is 1.68. The summed E-state index contributed by atoms with van der Waals surface area (Å²) in [4.78, 5) is 14.1. The third-order valence-electron chi connectivity index (χ3n) is 4.69. The van der Waals surface area contributed by atoms with Crippen molar-refractivity contribution in [2.45, 2.75) is 23.3 Å². The highest BCUT2D eigenvalue weighted by atomic mass is 35.5. The van der Waals surface area contributed by atoms with Crippen LogP contribution in [0.5, 0.6) is 0 Å². The van der Waals surface area contributed by atoms with Gasteiger partial charge in [-0.3, -0.25) is 0 Å². The van der Waals surface area contributed by atoms with Gasteiger partial charge in [0.1, 0.15) is 0 Å². The van der Waals surface area contributed by atoms with E-state index in [0.29, 0.717) is 34.2 Å². The molecular weight excluding hydrogens is 427 g/mol. The number of aromatic nitrogens is 3. The second-order valence-corrected chi connectivity index (χ2v) is 8.38. The first kappa shape index (κ1) is 18.6. The molecule has 0 saturated heterocycles. The number of hydrogen-bond acceptors (Lipinski definition) is 6. The van der Waals surface area contributed by atoms with Gasteiger partial charge in [-0.15, -0.1) is 0 Å². The zero-order chi connectivity index (χ0) is 20.0. The van der Waals surface area contributed by atoms with E-state index in [9.17, 15) is 0 Å². The molecule has 0 bridgehead atoms. The van der Waals surface area contributed by atoms with E-state index in [2.05, 4.69) is 21.0 Å². The van der Waals surface area contributed by atoms with Crippen molar-refractivity contribution in [2.24, 2.45) is 0 Å². The summed E-state index contributed by atoms with van der Waals surface area (Å²) in [5, 5.41) is 3.75. The highest BCUT2D eigenvalue weighted by molar-refractivity contribution is 7.99. The lowest BCUT2D eigenvalue weighted by molar-refractivity contribution is 0.103. The number of nitrogens with two attached hydrogens (primary N) is 1. The zero-order valence-electron chi connectivity index (χ0n) is 15.0. The molecule has 1 aliphatic heterocycles. The molecule has 0 unspecified atom stereocenters. The molecule has 0 fully saturated rings. The van der Waals surface area contributed by atoms with E-state index in [1.165, 1.54) is 11.8 Å². The summed E-state index contributed by atoms with van der Waals surface area (Å²) in [6, 6.07) is 15.5. The molecule has 2 heterocycles. The first-order chi connectivity index (χ1) is 14.1. The van der Waals surface area contributed by atoms with E-state index >= 15 is 0 Å². The van der Waals surface area contributed by atoms with Crippen LogP contribution in [0.2, 0.25) is 10.0 Å². The smallest absolute Gasteiger partial charge is 0.224 e. The average Bonchev–Trinajstić information content (AvgIpc) is 2.70. The summed E-state index contributed by atoms with van der Waals surface area (Å²) in [5.41, 5.74) is 8.93. The number of ether oxygens (including phenoxy) is 1. The molecule has 0 amide bonds. The fourth-order valence-electron chi connectivity index (χ4n) is 3.50. The standard InChI is InChI=1S/C21H14Cl2N4OS/c22-14-6-1-2-7-16(14)29-21-26-19(25-20(24)27-21)18-13-5-3-4-11-9-28-10-12(17(11)13)8-15(18)23/h1-8H,9-10H2,(H2,24,25,26,27). The molecule has 2 N–H and O–H groups in total. The van der Waals surface area contributed by atoms with Crippen LogP contribution in [0.1, 0.15) is 11.1 Å². The van der Waals surface area contributed by atoms with E-state index < -0.39 is 0 Å². The summed E-state index contributed by atoms with van der Waals surface area (Å²) < 4.78 is 5.67. The molecule has 5 nitrogen and oxygen atoms in total. The number of rotatable bonds is 3. The van der Waals surface area contributed by atoms with Gasteiger partial charge in [-0.25, -0.2) is 4.98 Å². The van der Waals surface area contributed by atoms with Crippen LogP contribution in [0.3, 0.4) is 0 Å². The number of hydrogen-bond donors (Lipinski definition) is 1. The van der Waals surface area contributed by atoms with Crippen LogP contribution < -0.4 is 5.73 Å². The Morgan fingerprint density at radius 3 is 2.59 bits per heavy atom. The lowest BCUT2D eigenvalue weighted by Gasteiger charge is -2.20. The molecule has 1 aromatic heterocycles. The average molecular weight is 441 g/mol. The van der Waals surface area contributed by atoms with E-state index in [0.717, 1.165) is 32.4 Å². The van der Waals surface area contributed by atoms with Gasteiger partial charge in [0.25, 0.3) is 0 Å². The lowest BCUT2D eigenvalue weighted by atomic mass is 9.94. The Kier molecular flexibility index (Phi) is 4.80. The topological polar surface area (TPSA) is 73.9 Å². The fraction of sp³-hybridized carbons (Fsp3) is 0.0952. The number of nitrogen functional groups attached to an aromatic ring is 1. The van der Waals surface area contributed by atoms with Crippen LogP contribution in [0.25, 0.3) is 22.2 Å². The second kappa shape index (κ2) is 7.46. The number of halogens is 2. The molecule has 1 aliphatic rings. The summed E-state index contributed by atoms with van der Waals surface area (Å²) >= 11 is 14.3. The van der Waals surface area contributed by atoms with Crippen LogP contribution in [0.4, 0.5) is 5.95 Å². The van der Waals surface area contributed by atoms with Crippen molar-refractivity contribution < 1.29 is 4.74 Å². The molecule has 144 valence electrons. The van der Waals surface area contributed by atoms with Gasteiger partial charge < -0.3 is 10.5 Å². The minimum atomic E-state index is 0.129. The summed E-state index contributed by atoms with van der Waals surface area (Å²) in [6.07, 6.45) is 0. The van der Waals surface area contributed by atoms with Gasteiger partial charge >= 0.3 is 0 Å². The Hall–Kier alpha value is -2.38. The lowest BCUT2D eigenvalue weighted by Crippen LogP contribution is -2.06. The van der Waals surface area contributed by atoms with Gasteiger partial charge in [0, 0.05) is 10.5 Å². The number of anilines is 1. The maximum absolute atomic E-state index is 6.66. The SMILES string of the molecule is Nc1nc(Sc2ccccc2Cl)nc(-c2c(Cl)cc3c4c(cccc24)COC3)n1. The predicted molar refractivity (Wildman–Crippen MR) is 116 cm³/mol. The Labute approximate surface area is 181 Å². The Morgan fingerprint density at radius 2 is 1.72 bits per heavy atom. The quantitative estimate of drug-likeness (QED) is 0.436. The first-order valence-corrected chi connectivity index (χ1v) is 10.4. The Bertz CT molecular complexity index is 1270. The van der Waals surface area contributed by atoms with Gasteiger partial charge in [-0.1, -0.05) is 53.5 Å². The molecule has 0 saturated carbocycles. The Morgan fingerprint density at radius 1 is 0.897 bits per heavy atom.